The number of hydrogen-bond acceptors (Lipinski definition) is 6. The Morgan fingerprint density at radius 1 is 1.00 bits per heavy atom. The summed E-state index contributed by atoms with van der Waals surface area (Å²) in [4.78, 5) is 28.7. The number of nitriles is 2. The number of rotatable bonds is 3. The van der Waals surface area contributed by atoms with E-state index in [1.54, 1.807) is 12.1 Å². The van der Waals surface area contributed by atoms with Crippen molar-refractivity contribution in [3.8, 4) is 12.1 Å². The highest BCUT2D eigenvalue weighted by Gasteiger charge is 2.03. The zero-order valence-corrected chi connectivity index (χ0v) is 13.2. The first-order chi connectivity index (χ1) is 11.0. The van der Waals surface area contributed by atoms with Crippen molar-refractivity contribution in [2.24, 2.45) is 0 Å². The van der Waals surface area contributed by atoms with Crippen LogP contribution in [-0.2, 0) is 0 Å². The van der Waals surface area contributed by atoms with Gasteiger partial charge in [-0.15, -0.1) is 0 Å². The molecule has 0 amide bonds. The van der Waals surface area contributed by atoms with Crippen LogP contribution in [0.2, 0.25) is 0 Å². The third-order valence-corrected chi connectivity index (χ3v) is 2.96. The van der Waals surface area contributed by atoms with Gasteiger partial charge in [0, 0.05) is 18.0 Å². The van der Waals surface area contributed by atoms with E-state index < -0.39 is 5.97 Å². The van der Waals surface area contributed by atoms with E-state index in [4.69, 9.17) is 15.6 Å². The van der Waals surface area contributed by atoms with Crippen molar-refractivity contribution in [1.29, 1.82) is 10.5 Å². The molecular formula is C15H9BrN4O3. The SMILES string of the molecule is N#Cc1ccc(C(=O)CBr)cn1.N#Cc1ccc(C(=O)O)cn1. The maximum atomic E-state index is 11.0. The molecule has 1 N–H and O–H groups in total. The summed E-state index contributed by atoms with van der Waals surface area (Å²) in [5.41, 5.74) is 1.14. The van der Waals surface area contributed by atoms with E-state index >= 15 is 0 Å². The molecule has 0 saturated carbocycles. The van der Waals surface area contributed by atoms with E-state index in [2.05, 4.69) is 25.9 Å². The zero-order chi connectivity index (χ0) is 17.2. The molecule has 2 rings (SSSR count). The third-order valence-electron chi connectivity index (χ3n) is 2.45. The molecule has 0 radical (unpaired) electrons. The van der Waals surface area contributed by atoms with Gasteiger partial charge in [-0.1, -0.05) is 15.9 Å². The first-order valence-electron chi connectivity index (χ1n) is 6.06. The fourth-order valence-electron chi connectivity index (χ4n) is 1.29. The van der Waals surface area contributed by atoms with Crippen LogP contribution in [0.5, 0.6) is 0 Å². The van der Waals surface area contributed by atoms with Gasteiger partial charge in [0.25, 0.3) is 0 Å². The summed E-state index contributed by atoms with van der Waals surface area (Å²) in [6, 6.07) is 9.49. The van der Waals surface area contributed by atoms with Crippen molar-refractivity contribution in [1.82, 2.24) is 9.97 Å². The lowest BCUT2D eigenvalue weighted by atomic mass is 10.2. The smallest absolute Gasteiger partial charge is 0.337 e. The average molecular weight is 373 g/mol. The fraction of sp³-hybridized carbons (Fsp3) is 0.0667. The van der Waals surface area contributed by atoms with Crippen molar-refractivity contribution < 1.29 is 14.7 Å². The predicted octanol–water partition coefficient (Wildman–Crippen LogP) is 2.18. The van der Waals surface area contributed by atoms with E-state index in [1.165, 1.54) is 24.4 Å². The molecule has 0 saturated heterocycles. The summed E-state index contributed by atoms with van der Waals surface area (Å²) in [7, 11) is 0. The topological polar surface area (TPSA) is 128 Å². The molecule has 0 fully saturated rings. The number of halogens is 1. The van der Waals surface area contributed by atoms with Crippen LogP contribution in [0.25, 0.3) is 0 Å². The standard InChI is InChI=1S/C8H5BrN2O.C7H4N2O2/c9-3-8(12)6-1-2-7(4-10)11-5-6;8-3-6-2-1-5(4-9-6)7(10)11/h1-2,5H,3H2;1-2,4H,(H,10,11). The molecule has 2 heterocycles. The number of alkyl halides is 1. The third kappa shape index (κ3) is 5.65. The Bertz CT molecular complexity index is 774. The van der Waals surface area contributed by atoms with E-state index in [0.717, 1.165) is 6.20 Å². The van der Waals surface area contributed by atoms with Gasteiger partial charge in [-0.25, -0.2) is 14.8 Å². The van der Waals surface area contributed by atoms with Gasteiger partial charge in [0.1, 0.15) is 23.5 Å². The second-order valence-corrected chi connectivity index (χ2v) is 4.51. The second kappa shape index (κ2) is 9.03. The van der Waals surface area contributed by atoms with Crippen LogP contribution in [0, 0.1) is 22.7 Å². The molecule has 2 aromatic heterocycles. The van der Waals surface area contributed by atoms with Crippen molar-refractivity contribution >= 4 is 27.7 Å². The number of carboxylic acids is 1. The lowest BCUT2D eigenvalue weighted by Crippen LogP contribution is -2.00. The first kappa shape index (κ1) is 18.0. The van der Waals surface area contributed by atoms with Gasteiger partial charge in [0.2, 0.25) is 0 Å². The number of carboxylic acid groups (broad SMARTS) is 1. The Morgan fingerprint density at radius 2 is 1.48 bits per heavy atom. The minimum absolute atomic E-state index is 0.0352. The Balaban J connectivity index is 0.000000231. The van der Waals surface area contributed by atoms with E-state index in [0.29, 0.717) is 11.3 Å². The highest BCUT2D eigenvalue weighted by molar-refractivity contribution is 9.09. The maximum absolute atomic E-state index is 11.0. The summed E-state index contributed by atoms with van der Waals surface area (Å²) < 4.78 is 0. The lowest BCUT2D eigenvalue weighted by molar-refractivity contribution is 0.0696. The van der Waals surface area contributed by atoms with E-state index in [1.807, 2.05) is 6.07 Å². The molecule has 114 valence electrons. The second-order valence-electron chi connectivity index (χ2n) is 3.95. The number of Topliss-reactive ketones (excluding diaryl/α,β-unsaturated/α-hetero) is 1. The number of aromatic nitrogens is 2. The van der Waals surface area contributed by atoms with Crippen LogP contribution in [0.3, 0.4) is 0 Å². The van der Waals surface area contributed by atoms with Gasteiger partial charge in [-0.3, -0.25) is 4.79 Å². The van der Waals surface area contributed by atoms with Crippen LogP contribution < -0.4 is 0 Å². The zero-order valence-electron chi connectivity index (χ0n) is 11.6. The van der Waals surface area contributed by atoms with Gasteiger partial charge >= 0.3 is 5.97 Å². The molecule has 0 aliphatic heterocycles. The van der Waals surface area contributed by atoms with Crippen LogP contribution in [0.1, 0.15) is 32.1 Å². The summed E-state index contributed by atoms with van der Waals surface area (Å²) >= 11 is 3.04. The van der Waals surface area contributed by atoms with Crippen molar-refractivity contribution in [2.45, 2.75) is 0 Å². The lowest BCUT2D eigenvalue weighted by Gasteiger charge is -1.94. The number of nitrogens with zero attached hydrogens (tertiary/aromatic N) is 4. The van der Waals surface area contributed by atoms with E-state index in [-0.39, 0.29) is 22.4 Å². The average Bonchev–Trinajstić information content (AvgIpc) is 2.61. The molecule has 23 heavy (non-hydrogen) atoms. The fourth-order valence-corrected chi connectivity index (χ4v) is 1.61. The Labute approximate surface area is 140 Å². The number of aromatic carboxylic acids is 1. The molecule has 7 nitrogen and oxygen atoms in total. The number of hydrogen-bond donors (Lipinski definition) is 1. The number of carbonyl (C=O) groups excluding carboxylic acids is 1. The molecule has 0 atom stereocenters. The number of pyridine rings is 2. The maximum Gasteiger partial charge on any atom is 0.337 e. The van der Waals surface area contributed by atoms with Gasteiger partial charge < -0.3 is 5.11 Å². The van der Waals surface area contributed by atoms with Gasteiger partial charge in [-0.05, 0) is 24.3 Å². The minimum Gasteiger partial charge on any atom is -0.478 e. The summed E-state index contributed by atoms with van der Waals surface area (Å²) in [6.07, 6.45) is 2.56. The van der Waals surface area contributed by atoms with Crippen molar-refractivity contribution in [2.75, 3.05) is 5.33 Å². The normalized spacial score (nSPS) is 8.83. The molecule has 2 aromatic rings. The van der Waals surface area contributed by atoms with Gasteiger partial charge in [-0.2, -0.15) is 10.5 Å². The van der Waals surface area contributed by atoms with Crippen molar-refractivity contribution in [3.63, 3.8) is 0 Å². The summed E-state index contributed by atoms with van der Waals surface area (Å²) in [6.45, 7) is 0. The van der Waals surface area contributed by atoms with Crippen LogP contribution in [-0.4, -0.2) is 32.2 Å². The molecule has 0 unspecified atom stereocenters. The molecule has 0 bridgehead atoms. The summed E-state index contributed by atoms with van der Waals surface area (Å²) in [5, 5.41) is 25.4. The molecular weight excluding hydrogens is 364 g/mol. The summed E-state index contributed by atoms with van der Waals surface area (Å²) in [5.74, 6) is -1.08. The highest BCUT2D eigenvalue weighted by Crippen LogP contribution is 2.02. The molecule has 8 heteroatoms. The van der Waals surface area contributed by atoms with Crippen LogP contribution in [0.15, 0.2) is 36.7 Å². The number of ketones is 1. The Kier molecular flexibility index (Phi) is 7.05. The monoisotopic (exact) mass is 372 g/mol. The number of carbonyl (C=O) groups is 2. The van der Waals surface area contributed by atoms with Crippen LogP contribution in [0.4, 0.5) is 0 Å². The Morgan fingerprint density at radius 3 is 1.78 bits per heavy atom. The molecule has 0 spiro atoms. The molecule has 0 aliphatic rings. The molecule has 0 aliphatic carbocycles. The van der Waals surface area contributed by atoms with Gasteiger partial charge in [0.15, 0.2) is 5.78 Å². The van der Waals surface area contributed by atoms with Crippen LogP contribution >= 0.6 is 15.9 Å². The van der Waals surface area contributed by atoms with Gasteiger partial charge in [0.05, 0.1) is 10.9 Å². The highest BCUT2D eigenvalue weighted by atomic mass is 79.9. The predicted molar refractivity (Wildman–Crippen MR) is 83.0 cm³/mol. The Hall–Kier alpha value is -3.10. The largest absolute Gasteiger partial charge is 0.478 e. The molecule has 0 aromatic carbocycles. The quantitative estimate of drug-likeness (QED) is 0.645. The minimum atomic E-state index is -1.04. The van der Waals surface area contributed by atoms with Crippen molar-refractivity contribution in [3.05, 3.63) is 59.2 Å². The van der Waals surface area contributed by atoms with E-state index in [9.17, 15) is 9.59 Å². The first-order valence-corrected chi connectivity index (χ1v) is 7.18.